The molecular formula is C20H32ClN3. The third-order valence-electron chi connectivity index (χ3n) is 5.95. The molecule has 0 bridgehead atoms. The van der Waals surface area contributed by atoms with Crippen molar-refractivity contribution in [2.45, 2.75) is 56.5 Å². The number of nitrogens with one attached hydrogen (secondary N) is 2. The largest absolute Gasteiger partial charge is 0.312 e. The lowest BCUT2D eigenvalue weighted by atomic mass is 9.72. The quantitative estimate of drug-likeness (QED) is 0.734. The Hall–Kier alpha value is -0.610. The van der Waals surface area contributed by atoms with E-state index in [0.717, 1.165) is 18.0 Å². The Morgan fingerprint density at radius 2 is 1.96 bits per heavy atom. The molecule has 2 fully saturated rings. The van der Waals surface area contributed by atoms with Crippen LogP contribution in [-0.2, 0) is 5.54 Å². The van der Waals surface area contributed by atoms with Crippen LogP contribution < -0.4 is 10.6 Å². The van der Waals surface area contributed by atoms with Gasteiger partial charge in [0.25, 0.3) is 0 Å². The number of likely N-dealkylation sites (tertiary alicyclic amines) is 1. The first kappa shape index (κ1) is 18.2. The number of likely N-dealkylation sites (N-methyl/N-ethyl adjacent to an activating group) is 1. The van der Waals surface area contributed by atoms with Gasteiger partial charge in [-0.2, -0.15) is 0 Å². The van der Waals surface area contributed by atoms with Gasteiger partial charge in [0.1, 0.15) is 0 Å². The normalized spacial score (nSPS) is 28.3. The lowest BCUT2D eigenvalue weighted by molar-refractivity contribution is 0.176. The van der Waals surface area contributed by atoms with Crippen LogP contribution in [0.5, 0.6) is 0 Å². The Labute approximate surface area is 152 Å². The Bertz CT molecular complexity index is 515. The first-order valence-corrected chi connectivity index (χ1v) is 10.0. The molecule has 2 aliphatic rings. The molecule has 1 aromatic carbocycles. The van der Waals surface area contributed by atoms with E-state index in [2.05, 4.69) is 34.7 Å². The molecule has 1 saturated carbocycles. The Kier molecular flexibility index (Phi) is 6.56. The summed E-state index contributed by atoms with van der Waals surface area (Å²) < 4.78 is 0. The number of nitrogens with zero attached hydrogens (tertiary/aromatic N) is 1. The molecule has 2 N–H and O–H groups in total. The van der Waals surface area contributed by atoms with Crippen LogP contribution in [0.25, 0.3) is 0 Å². The molecule has 2 atom stereocenters. The summed E-state index contributed by atoms with van der Waals surface area (Å²) in [5, 5.41) is 8.40. The van der Waals surface area contributed by atoms with Crippen molar-refractivity contribution in [2.75, 3.05) is 33.2 Å². The van der Waals surface area contributed by atoms with Crippen LogP contribution in [0.1, 0.15) is 50.5 Å². The van der Waals surface area contributed by atoms with E-state index in [1.54, 1.807) is 0 Å². The van der Waals surface area contributed by atoms with Gasteiger partial charge in [-0.05, 0) is 77.0 Å². The molecule has 0 radical (unpaired) electrons. The van der Waals surface area contributed by atoms with E-state index in [-0.39, 0.29) is 5.54 Å². The van der Waals surface area contributed by atoms with E-state index >= 15 is 0 Å². The second-order valence-electron chi connectivity index (χ2n) is 7.36. The van der Waals surface area contributed by atoms with E-state index in [1.807, 2.05) is 12.1 Å². The van der Waals surface area contributed by atoms with E-state index in [1.165, 1.54) is 63.7 Å². The summed E-state index contributed by atoms with van der Waals surface area (Å²) in [6.45, 7) is 4.92. The van der Waals surface area contributed by atoms with Crippen molar-refractivity contribution in [3.05, 3.63) is 34.9 Å². The fourth-order valence-electron chi connectivity index (χ4n) is 4.61. The summed E-state index contributed by atoms with van der Waals surface area (Å²) in [6.07, 6.45) is 8.93. The van der Waals surface area contributed by atoms with Crippen LogP contribution in [0.15, 0.2) is 24.3 Å². The maximum absolute atomic E-state index is 6.56. The van der Waals surface area contributed by atoms with Crippen molar-refractivity contribution in [3.63, 3.8) is 0 Å². The van der Waals surface area contributed by atoms with E-state index in [9.17, 15) is 0 Å². The number of rotatable bonds is 7. The summed E-state index contributed by atoms with van der Waals surface area (Å²) in [5.41, 5.74) is 1.22. The van der Waals surface area contributed by atoms with Crippen molar-refractivity contribution in [1.29, 1.82) is 0 Å². The number of hydrogen-bond acceptors (Lipinski definition) is 3. The molecule has 24 heavy (non-hydrogen) atoms. The lowest BCUT2D eigenvalue weighted by Gasteiger charge is -2.45. The summed E-state index contributed by atoms with van der Waals surface area (Å²) in [5.74, 6) is 0. The van der Waals surface area contributed by atoms with E-state index in [0.29, 0.717) is 6.04 Å². The van der Waals surface area contributed by atoms with Crippen LogP contribution in [-0.4, -0.2) is 44.2 Å². The highest BCUT2D eigenvalue weighted by Gasteiger charge is 2.41. The van der Waals surface area contributed by atoms with Gasteiger partial charge in [0.15, 0.2) is 0 Å². The van der Waals surface area contributed by atoms with Crippen molar-refractivity contribution in [2.24, 2.45) is 0 Å². The SMILES string of the molecule is CN[C@@]1(c2ccccc2Cl)CCCCC1NCCCN1CCCC1. The van der Waals surface area contributed by atoms with Crippen LogP contribution in [0.4, 0.5) is 0 Å². The van der Waals surface area contributed by atoms with Crippen LogP contribution >= 0.6 is 11.6 Å². The van der Waals surface area contributed by atoms with Crippen LogP contribution in [0.2, 0.25) is 5.02 Å². The molecule has 3 rings (SSSR count). The minimum atomic E-state index is -0.0375. The van der Waals surface area contributed by atoms with E-state index in [4.69, 9.17) is 11.6 Å². The van der Waals surface area contributed by atoms with Gasteiger partial charge in [-0.1, -0.05) is 42.6 Å². The monoisotopic (exact) mass is 349 g/mol. The first-order valence-electron chi connectivity index (χ1n) is 9.66. The van der Waals surface area contributed by atoms with Gasteiger partial charge in [0.2, 0.25) is 0 Å². The second-order valence-corrected chi connectivity index (χ2v) is 7.76. The summed E-state index contributed by atoms with van der Waals surface area (Å²) in [7, 11) is 2.09. The van der Waals surface area contributed by atoms with E-state index < -0.39 is 0 Å². The maximum atomic E-state index is 6.56. The molecule has 0 amide bonds. The van der Waals surface area contributed by atoms with Gasteiger partial charge < -0.3 is 15.5 Å². The molecule has 4 heteroatoms. The zero-order valence-electron chi connectivity index (χ0n) is 15.0. The number of halogens is 1. The van der Waals surface area contributed by atoms with Crippen molar-refractivity contribution in [1.82, 2.24) is 15.5 Å². The molecule has 134 valence electrons. The highest BCUT2D eigenvalue weighted by atomic mass is 35.5. The fourth-order valence-corrected chi connectivity index (χ4v) is 4.92. The molecule has 0 aromatic heterocycles. The summed E-state index contributed by atoms with van der Waals surface area (Å²) in [4.78, 5) is 2.60. The van der Waals surface area contributed by atoms with Gasteiger partial charge in [-0.3, -0.25) is 0 Å². The maximum Gasteiger partial charge on any atom is 0.0602 e. The Morgan fingerprint density at radius 3 is 2.71 bits per heavy atom. The predicted octanol–water partition coefficient (Wildman–Crippen LogP) is 3.77. The molecule has 1 unspecified atom stereocenters. The third kappa shape index (κ3) is 3.96. The molecule has 3 nitrogen and oxygen atoms in total. The van der Waals surface area contributed by atoms with Gasteiger partial charge in [-0.15, -0.1) is 0 Å². The average Bonchev–Trinajstić information content (AvgIpc) is 3.13. The number of hydrogen-bond donors (Lipinski definition) is 2. The molecule has 1 aromatic rings. The molecule has 1 aliphatic heterocycles. The van der Waals surface area contributed by atoms with Crippen LogP contribution in [0.3, 0.4) is 0 Å². The summed E-state index contributed by atoms with van der Waals surface area (Å²) in [6, 6.07) is 8.81. The highest BCUT2D eigenvalue weighted by molar-refractivity contribution is 6.31. The zero-order chi connectivity index (χ0) is 16.8. The van der Waals surface area contributed by atoms with Crippen molar-refractivity contribution in [3.8, 4) is 0 Å². The van der Waals surface area contributed by atoms with Gasteiger partial charge in [-0.25, -0.2) is 0 Å². The van der Waals surface area contributed by atoms with Gasteiger partial charge >= 0.3 is 0 Å². The average molecular weight is 350 g/mol. The van der Waals surface area contributed by atoms with Crippen molar-refractivity contribution < 1.29 is 0 Å². The Balaban J connectivity index is 1.64. The summed E-state index contributed by atoms with van der Waals surface area (Å²) >= 11 is 6.56. The second kappa shape index (κ2) is 8.66. The van der Waals surface area contributed by atoms with Crippen molar-refractivity contribution >= 4 is 11.6 Å². The third-order valence-corrected chi connectivity index (χ3v) is 6.28. The zero-order valence-corrected chi connectivity index (χ0v) is 15.7. The van der Waals surface area contributed by atoms with Crippen LogP contribution in [0, 0.1) is 0 Å². The minimum Gasteiger partial charge on any atom is -0.312 e. The lowest BCUT2D eigenvalue weighted by Crippen LogP contribution is -2.58. The standard InChI is InChI=1S/C20H32ClN3/c1-22-20(17-9-2-3-10-18(17)21)12-5-4-11-19(20)23-13-8-16-24-14-6-7-15-24/h2-3,9-10,19,22-23H,4-8,11-16H2,1H3/t19?,20-/m1/s1. The molecular weight excluding hydrogens is 318 g/mol. The molecule has 1 heterocycles. The molecule has 1 aliphatic carbocycles. The predicted molar refractivity (Wildman–Crippen MR) is 103 cm³/mol. The fraction of sp³-hybridized carbons (Fsp3) is 0.700. The van der Waals surface area contributed by atoms with Gasteiger partial charge in [0, 0.05) is 11.1 Å². The molecule has 0 spiro atoms. The highest BCUT2D eigenvalue weighted by Crippen LogP contribution is 2.40. The topological polar surface area (TPSA) is 27.3 Å². The smallest absolute Gasteiger partial charge is 0.0602 e. The number of benzene rings is 1. The Morgan fingerprint density at radius 1 is 1.17 bits per heavy atom. The van der Waals surface area contributed by atoms with Gasteiger partial charge in [0.05, 0.1) is 5.54 Å². The first-order chi connectivity index (χ1) is 11.8. The minimum absolute atomic E-state index is 0.0375. The molecule has 1 saturated heterocycles.